The molecule has 0 radical (unpaired) electrons. The van der Waals surface area contributed by atoms with Crippen molar-refractivity contribution < 1.29 is 19.4 Å². The second-order valence-electron chi connectivity index (χ2n) is 11.9. The van der Waals surface area contributed by atoms with Gasteiger partial charge in [0.15, 0.2) is 6.29 Å². The van der Waals surface area contributed by atoms with Gasteiger partial charge in [0.05, 0.1) is 18.8 Å². The molecular weight excluding hydrogens is 562 g/mol. The van der Waals surface area contributed by atoms with E-state index in [1.807, 2.05) is 55.5 Å². The van der Waals surface area contributed by atoms with Crippen molar-refractivity contribution in [2.75, 3.05) is 25.5 Å². The van der Waals surface area contributed by atoms with Gasteiger partial charge in [-0.2, -0.15) is 0 Å². The Bertz CT molecular complexity index is 1720. The van der Waals surface area contributed by atoms with Crippen LogP contribution < -0.4 is 10.6 Å². The Balaban J connectivity index is 1.29. The molecule has 2 amide bonds. The van der Waals surface area contributed by atoms with Crippen LogP contribution in [0.3, 0.4) is 0 Å². The Morgan fingerprint density at radius 2 is 1.53 bits per heavy atom. The molecule has 45 heavy (non-hydrogen) atoms. The minimum absolute atomic E-state index is 0.00519. The van der Waals surface area contributed by atoms with E-state index in [9.17, 15) is 9.90 Å². The first-order chi connectivity index (χ1) is 21.9. The van der Waals surface area contributed by atoms with Crippen LogP contribution in [0.5, 0.6) is 0 Å². The molecule has 5 aromatic carbocycles. The number of amides is 2. The molecule has 0 aliphatic carbocycles. The smallest absolute Gasteiger partial charge is 0.319 e. The van der Waals surface area contributed by atoms with E-state index in [-0.39, 0.29) is 30.8 Å². The molecule has 0 saturated carbocycles. The summed E-state index contributed by atoms with van der Waals surface area (Å²) < 4.78 is 13.4. The highest BCUT2D eigenvalue weighted by atomic mass is 16.7. The number of nitrogens with zero attached hydrogens (tertiary/aromatic N) is 1. The average Bonchev–Trinajstić information content (AvgIpc) is 3.06. The van der Waals surface area contributed by atoms with Crippen molar-refractivity contribution in [1.82, 2.24) is 10.2 Å². The molecular formula is C38H41N3O4. The van der Waals surface area contributed by atoms with Crippen LogP contribution in [0.25, 0.3) is 21.5 Å². The van der Waals surface area contributed by atoms with Crippen molar-refractivity contribution in [2.24, 2.45) is 5.92 Å². The number of hydrogen-bond donors (Lipinski definition) is 3. The number of hydrogen-bond acceptors (Lipinski definition) is 5. The molecule has 1 fully saturated rings. The van der Waals surface area contributed by atoms with Crippen LogP contribution in [0.1, 0.15) is 48.5 Å². The Morgan fingerprint density at radius 3 is 2.20 bits per heavy atom. The molecule has 1 aliphatic heterocycles. The van der Waals surface area contributed by atoms with Gasteiger partial charge in [-0.05, 0) is 70.4 Å². The summed E-state index contributed by atoms with van der Waals surface area (Å²) in [5, 5.41) is 20.3. The number of urea groups is 1. The van der Waals surface area contributed by atoms with E-state index in [0.717, 1.165) is 23.2 Å². The third-order valence-electron chi connectivity index (χ3n) is 8.68. The van der Waals surface area contributed by atoms with E-state index in [2.05, 4.69) is 84.1 Å². The molecule has 7 nitrogen and oxygen atoms in total. The number of aliphatic hydroxyl groups is 1. The van der Waals surface area contributed by atoms with E-state index in [1.165, 1.54) is 27.1 Å². The number of ether oxygens (including phenoxy) is 2. The van der Waals surface area contributed by atoms with Crippen molar-refractivity contribution in [2.45, 2.75) is 45.5 Å². The third-order valence-corrected chi connectivity index (χ3v) is 8.68. The van der Waals surface area contributed by atoms with Gasteiger partial charge in [-0.25, -0.2) is 4.79 Å². The first-order valence-electron chi connectivity index (χ1n) is 15.7. The van der Waals surface area contributed by atoms with Gasteiger partial charge in [-0.15, -0.1) is 0 Å². The summed E-state index contributed by atoms with van der Waals surface area (Å²) in [7, 11) is 2.15. The fourth-order valence-corrected chi connectivity index (χ4v) is 6.35. The molecule has 0 bridgehead atoms. The zero-order valence-electron chi connectivity index (χ0n) is 26.1. The van der Waals surface area contributed by atoms with Gasteiger partial charge in [0.25, 0.3) is 0 Å². The highest BCUT2D eigenvalue weighted by Gasteiger charge is 2.39. The SMILES string of the molecule is CCNC(=O)Nc1cccc(C2OC(CN(C)Cc3c4ccccc4cc4ccccc34)C(C)C(c3ccc(CO)cc3)O2)c1. The number of benzene rings is 5. The van der Waals surface area contributed by atoms with Gasteiger partial charge in [-0.3, -0.25) is 4.90 Å². The van der Waals surface area contributed by atoms with Crippen molar-refractivity contribution >= 4 is 33.3 Å². The Labute approximate surface area is 264 Å². The van der Waals surface area contributed by atoms with E-state index in [0.29, 0.717) is 18.8 Å². The average molecular weight is 604 g/mol. The summed E-state index contributed by atoms with van der Waals surface area (Å²) >= 11 is 0. The number of carbonyl (C=O) groups excluding carboxylic acids is 1. The quantitative estimate of drug-likeness (QED) is 0.152. The number of anilines is 1. The predicted octanol–water partition coefficient (Wildman–Crippen LogP) is 7.55. The molecule has 3 N–H and O–H groups in total. The maximum Gasteiger partial charge on any atom is 0.319 e. The van der Waals surface area contributed by atoms with Crippen molar-refractivity contribution in [3.63, 3.8) is 0 Å². The lowest BCUT2D eigenvalue weighted by Gasteiger charge is -2.42. The number of likely N-dealkylation sites (N-methyl/N-ethyl adjacent to an activating group) is 1. The molecule has 1 aliphatic rings. The minimum atomic E-state index is -0.628. The zero-order valence-corrected chi connectivity index (χ0v) is 26.1. The normalized spacial score (nSPS) is 20.0. The second-order valence-corrected chi connectivity index (χ2v) is 11.9. The van der Waals surface area contributed by atoms with Gasteiger partial charge >= 0.3 is 6.03 Å². The molecule has 1 saturated heterocycles. The highest BCUT2D eigenvalue weighted by Crippen LogP contribution is 2.42. The lowest BCUT2D eigenvalue weighted by Crippen LogP contribution is -2.43. The van der Waals surface area contributed by atoms with Gasteiger partial charge in [-0.1, -0.05) is 91.9 Å². The second kappa shape index (κ2) is 13.8. The van der Waals surface area contributed by atoms with Crippen LogP contribution in [-0.2, 0) is 22.6 Å². The van der Waals surface area contributed by atoms with E-state index in [1.54, 1.807) is 0 Å². The van der Waals surface area contributed by atoms with Gasteiger partial charge in [0.1, 0.15) is 0 Å². The van der Waals surface area contributed by atoms with Gasteiger partial charge in [0, 0.05) is 36.8 Å². The monoisotopic (exact) mass is 603 g/mol. The minimum Gasteiger partial charge on any atom is -0.392 e. The van der Waals surface area contributed by atoms with Crippen LogP contribution in [-0.4, -0.2) is 42.3 Å². The van der Waals surface area contributed by atoms with Crippen LogP contribution >= 0.6 is 0 Å². The van der Waals surface area contributed by atoms with Crippen LogP contribution in [0.15, 0.2) is 103 Å². The van der Waals surface area contributed by atoms with Crippen molar-refractivity contribution in [1.29, 1.82) is 0 Å². The Kier molecular flexibility index (Phi) is 9.42. The lowest BCUT2D eigenvalue weighted by molar-refractivity contribution is -0.276. The molecule has 0 aromatic heterocycles. The standard InChI is InChI=1S/C38H41N3O4/c1-4-39-38(43)40-31-13-9-12-30(21-31)37-44-35(25(2)36(45-37)27-18-16-26(24-42)17-19-27)23-41(3)22-34-32-14-7-5-10-28(32)20-29-11-6-8-15-33(29)34/h5-21,25,35-37,42H,4,22-24H2,1-3H3,(H2,39,40,43). The van der Waals surface area contributed by atoms with E-state index in [4.69, 9.17) is 9.47 Å². The summed E-state index contributed by atoms with van der Waals surface area (Å²) in [6.07, 6.45) is -0.998. The lowest BCUT2D eigenvalue weighted by atomic mass is 9.89. The maximum atomic E-state index is 12.2. The third kappa shape index (κ3) is 6.87. The predicted molar refractivity (Wildman–Crippen MR) is 180 cm³/mol. The Morgan fingerprint density at radius 1 is 0.844 bits per heavy atom. The summed E-state index contributed by atoms with van der Waals surface area (Å²) in [6.45, 7) is 6.06. The fourth-order valence-electron chi connectivity index (χ4n) is 6.35. The molecule has 6 rings (SSSR count). The van der Waals surface area contributed by atoms with Crippen LogP contribution in [0, 0.1) is 5.92 Å². The first kappa shape index (κ1) is 30.7. The highest BCUT2D eigenvalue weighted by molar-refractivity contribution is 6.02. The maximum absolute atomic E-state index is 12.2. The summed E-state index contributed by atoms with van der Waals surface area (Å²) in [5.41, 5.74) is 4.71. The van der Waals surface area contributed by atoms with Crippen LogP contribution in [0.4, 0.5) is 10.5 Å². The van der Waals surface area contributed by atoms with Gasteiger partial charge in [0.2, 0.25) is 0 Å². The molecule has 5 aromatic rings. The number of nitrogens with one attached hydrogen (secondary N) is 2. The number of rotatable bonds is 9. The van der Waals surface area contributed by atoms with E-state index >= 15 is 0 Å². The summed E-state index contributed by atoms with van der Waals surface area (Å²) in [5.74, 6) is 0.0459. The van der Waals surface area contributed by atoms with Crippen molar-refractivity contribution in [3.05, 3.63) is 125 Å². The summed E-state index contributed by atoms with van der Waals surface area (Å²) in [4.78, 5) is 14.6. The number of fused-ring (bicyclic) bond motifs is 2. The topological polar surface area (TPSA) is 83.1 Å². The molecule has 7 heteroatoms. The molecule has 0 spiro atoms. The largest absolute Gasteiger partial charge is 0.392 e. The number of carbonyl (C=O) groups is 1. The molecule has 1 heterocycles. The Hall–Kier alpha value is -4.27. The van der Waals surface area contributed by atoms with Gasteiger partial charge < -0.3 is 25.2 Å². The van der Waals surface area contributed by atoms with Crippen molar-refractivity contribution in [3.8, 4) is 0 Å². The van der Waals surface area contributed by atoms with E-state index < -0.39 is 6.29 Å². The summed E-state index contributed by atoms with van der Waals surface area (Å²) in [6, 6.07) is 34.8. The fraction of sp³-hybridized carbons (Fsp3) is 0.289. The molecule has 4 atom stereocenters. The van der Waals surface area contributed by atoms with Crippen LogP contribution in [0.2, 0.25) is 0 Å². The molecule has 232 valence electrons. The number of aliphatic hydroxyl groups excluding tert-OH is 1. The first-order valence-corrected chi connectivity index (χ1v) is 15.7. The zero-order chi connectivity index (χ0) is 31.3. The molecule has 4 unspecified atom stereocenters.